The topological polar surface area (TPSA) is 109 Å². The summed E-state index contributed by atoms with van der Waals surface area (Å²) in [4.78, 5) is 33.4. The van der Waals surface area contributed by atoms with Crippen LogP contribution in [0.25, 0.3) is 0 Å². The molecule has 0 fully saturated rings. The van der Waals surface area contributed by atoms with Crippen molar-refractivity contribution in [2.75, 3.05) is 0 Å². The molecule has 4 N–H and O–H groups in total. The largest absolute Gasteiger partial charge is 0.480 e. The molecule has 0 saturated carbocycles. The predicted molar refractivity (Wildman–Crippen MR) is 68.7 cm³/mol. The fourth-order valence-corrected chi connectivity index (χ4v) is 1.67. The molecule has 108 valence electrons. The highest BCUT2D eigenvalue weighted by Gasteiger charge is 2.23. The van der Waals surface area contributed by atoms with Gasteiger partial charge in [-0.3, -0.25) is 9.59 Å². The third-order valence-electron chi connectivity index (χ3n) is 2.48. The average Bonchev–Trinajstić information content (AvgIpc) is 2.36. The molecule has 8 heteroatoms. The molecule has 1 unspecified atom stereocenters. The van der Waals surface area contributed by atoms with Crippen LogP contribution in [0, 0.1) is 5.82 Å². The van der Waals surface area contributed by atoms with Crippen LogP contribution in [0.4, 0.5) is 4.39 Å². The smallest absolute Gasteiger partial charge is 0.326 e. The molecular weight excluding hydrogens is 291 g/mol. The Labute approximate surface area is 118 Å². The normalized spacial score (nSPS) is 11.7. The van der Waals surface area contributed by atoms with Gasteiger partial charge in [0.05, 0.1) is 10.6 Å². The summed E-state index contributed by atoms with van der Waals surface area (Å²) in [5.41, 5.74) is 4.73. The molecule has 1 rings (SSSR count). The van der Waals surface area contributed by atoms with Gasteiger partial charge in [0.2, 0.25) is 5.91 Å². The number of hydrogen-bond donors (Lipinski definition) is 3. The van der Waals surface area contributed by atoms with Gasteiger partial charge in [-0.1, -0.05) is 17.7 Å². The number of hydrogen-bond acceptors (Lipinski definition) is 3. The Morgan fingerprint density at radius 1 is 1.40 bits per heavy atom. The van der Waals surface area contributed by atoms with Gasteiger partial charge in [-0.15, -0.1) is 0 Å². The highest BCUT2D eigenvalue weighted by molar-refractivity contribution is 6.34. The van der Waals surface area contributed by atoms with Gasteiger partial charge in [-0.25, -0.2) is 9.18 Å². The lowest BCUT2D eigenvalue weighted by molar-refractivity contribution is -0.139. The summed E-state index contributed by atoms with van der Waals surface area (Å²) in [7, 11) is 0. The summed E-state index contributed by atoms with van der Waals surface area (Å²) in [6, 6.07) is 2.29. The van der Waals surface area contributed by atoms with E-state index in [4.69, 9.17) is 22.4 Å². The van der Waals surface area contributed by atoms with Crippen LogP contribution >= 0.6 is 11.6 Å². The number of nitrogens with one attached hydrogen (secondary N) is 1. The summed E-state index contributed by atoms with van der Waals surface area (Å²) < 4.78 is 13.2. The number of aliphatic carboxylic acids is 1. The number of carboxylic acids is 1. The molecule has 0 aliphatic heterocycles. The van der Waals surface area contributed by atoms with Gasteiger partial charge in [-0.2, -0.15) is 0 Å². The minimum absolute atomic E-state index is 0.163. The third kappa shape index (κ3) is 4.20. The van der Waals surface area contributed by atoms with Gasteiger partial charge < -0.3 is 16.2 Å². The SMILES string of the molecule is NC(=O)CCC(NC(=O)c1cccc(F)c1Cl)C(=O)O. The molecule has 0 aromatic heterocycles. The van der Waals surface area contributed by atoms with E-state index in [1.807, 2.05) is 0 Å². The minimum Gasteiger partial charge on any atom is -0.480 e. The van der Waals surface area contributed by atoms with E-state index in [0.717, 1.165) is 6.07 Å². The fraction of sp³-hybridized carbons (Fsp3) is 0.250. The van der Waals surface area contributed by atoms with Gasteiger partial charge in [0.15, 0.2) is 0 Å². The molecule has 20 heavy (non-hydrogen) atoms. The number of carboxylic acid groups (broad SMARTS) is 1. The van der Waals surface area contributed by atoms with E-state index in [2.05, 4.69) is 5.32 Å². The zero-order valence-corrected chi connectivity index (χ0v) is 11.0. The van der Waals surface area contributed by atoms with Crippen molar-refractivity contribution in [3.8, 4) is 0 Å². The Morgan fingerprint density at radius 3 is 2.60 bits per heavy atom. The number of benzene rings is 1. The van der Waals surface area contributed by atoms with E-state index in [-0.39, 0.29) is 18.4 Å². The Hall–Kier alpha value is -2.15. The van der Waals surface area contributed by atoms with Crippen LogP contribution in [0.2, 0.25) is 5.02 Å². The molecule has 6 nitrogen and oxygen atoms in total. The number of carbonyl (C=O) groups is 3. The summed E-state index contributed by atoms with van der Waals surface area (Å²) in [5.74, 6) is -3.64. The predicted octanol–water partition coefficient (Wildman–Crippen LogP) is 0.928. The fourth-order valence-electron chi connectivity index (χ4n) is 1.46. The standard InChI is InChI=1S/C12H12ClFN2O4/c13-10-6(2-1-3-7(10)14)11(18)16-8(12(19)20)4-5-9(15)17/h1-3,8H,4-5H2,(H2,15,17)(H,16,18)(H,19,20). The molecule has 0 aliphatic rings. The lowest BCUT2D eigenvalue weighted by Gasteiger charge is -2.14. The molecule has 0 bridgehead atoms. The van der Waals surface area contributed by atoms with E-state index in [1.54, 1.807) is 0 Å². The first-order valence-corrected chi connectivity index (χ1v) is 5.96. The maximum absolute atomic E-state index is 13.2. The number of halogens is 2. The summed E-state index contributed by atoms with van der Waals surface area (Å²) in [6.45, 7) is 0. The quantitative estimate of drug-likeness (QED) is 0.726. The Kier molecular flexibility index (Phi) is 5.45. The number of nitrogens with two attached hydrogens (primary N) is 1. The maximum atomic E-state index is 13.2. The molecule has 1 atom stereocenters. The monoisotopic (exact) mass is 302 g/mol. The first-order chi connectivity index (χ1) is 9.32. The second-order valence-corrected chi connectivity index (χ2v) is 4.35. The molecule has 0 radical (unpaired) electrons. The molecule has 1 aromatic rings. The first kappa shape index (κ1) is 15.9. The van der Waals surface area contributed by atoms with Gasteiger partial charge in [-0.05, 0) is 18.6 Å². The van der Waals surface area contributed by atoms with Gasteiger partial charge in [0, 0.05) is 6.42 Å². The zero-order valence-electron chi connectivity index (χ0n) is 10.2. The Bertz CT molecular complexity index is 550. The van der Waals surface area contributed by atoms with Crippen molar-refractivity contribution < 1.29 is 23.9 Å². The molecular formula is C12H12ClFN2O4. The molecule has 0 spiro atoms. The van der Waals surface area contributed by atoms with Crippen LogP contribution in [0.3, 0.4) is 0 Å². The van der Waals surface area contributed by atoms with Crippen molar-refractivity contribution in [1.82, 2.24) is 5.32 Å². The molecule has 2 amide bonds. The number of rotatable bonds is 6. The number of carbonyl (C=O) groups excluding carboxylic acids is 2. The lowest BCUT2D eigenvalue weighted by Crippen LogP contribution is -2.41. The van der Waals surface area contributed by atoms with E-state index >= 15 is 0 Å². The van der Waals surface area contributed by atoms with E-state index < -0.39 is 34.7 Å². The highest BCUT2D eigenvalue weighted by atomic mass is 35.5. The van der Waals surface area contributed by atoms with Crippen molar-refractivity contribution in [2.24, 2.45) is 5.73 Å². The second kappa shape index (κ2) is 6.85. The van der Waals surface area contributed by atoms with Crippen molar-refractivity contribution in [1.29, 1.82) is 0 Å². The summed E-state index contributed by atoms with van der Waals surface area (Å²) >= 11 is 5.62. The third-order valence-corrected chi connectivity index (χ3v) is 2.86. The minimum atomic E-state index is -1.33. The zero-order chi connectivity index (χ0) is 15.3. The van der Waals surface area contributed by atoms with Crippen LogP contribution < -0.4 is 11.1 Å². The molecule has 1 aromatic carbocycles. The summed E-state index contributed by atoms with van der Waals surface area (Å²) in [6.07, 6.45) is -0.364. The molecule has 0 aliphatic carbocycles. The number of primary amides is 1. The van der Waals surface area contributed by atoms with Crippen LogP contribution in [-0.2, 0) is 9.59 Å². The Morgan fingerprint density at radius 2 is 2.05 bits per heavy atom. The molecule has 0 heterocycles. The maximum Gasteiger partial charge on any atom is 0.326 e. The molecule has 0 saturated heterocycles. The first-order valence-electron chi connectivity index (χ1n) is 5.59. The average molecular weight is 303 g/mol. The van der Waals surface area contributed by atoms with E-state index in [9.17, 15) is 18.8 Å². The Balaban J connectivity index is 2.83. The van der Waals surface area contributed by atoms with Crippen LogP contribution in [0.15, 0.2) is 18.2 Å². The van der Waals surface area contributed by atoms with E-state index in [0.29, 0.717) is 0 Å². The number of amides is 2. The van der Waals surface area contributed by atoms with Crippen molar-refractivity contribution in [3.05, 3.63) is 34.6 Å². The van der Waals surface area contributed by atoms with Gasteiger partial charge >= 0.3 is 5.97 Å². The van der Waals surface area contributed by atoms with Gasteiger partial charge in [0.1, 0.15) is 11.9 Å². The van der Waals surface area contributed by atoms with Crippen molar-refractivity contribution in [2.45, 2.75) is 18.9 Å². The van der Waals surface area contributed by atoms with Crippen molar-refractivity contribution >= 4 is 29.4 Å². The lowest BCUT2D eigenvalue weighted by atomic mass is 10.1. The summed E-state index contributed by atoms with van der Waals surface area (Å²) in [5, 5.41) is 10.7. The van der Waals surface area contributed by atoms with E-state index in [1.165, 1.54) is 12.1 Å². The second-order valence-electron chi connectivity index (χ2n) is 3.97. The van der Waals surface area contributed by atoms with Crippen molar-refractivity contribution in [3.63, 3.8) is 0 Å². The van der Waals surface area contributed by atoms with Crippen LogP contribution in [-0.4, -0.2) is 28.9 Å². The van der Waals surface area contributed by atoms with Gasteiger partial charge in [0.25, 0.3) is 5.91 Å². The van der Waals surface area contributed by atoms with Crippen LogP contribution in [0.1, 0.15) is 23.2 Å². The highest BCUT2D eigenvalue weighted by Crippen LogP contribution is 2.19. The van der Waals surface area contributed by atoms with Crippen LogP contribution in [0.5, 0.6) is 0 Å².